The van der Waals surface area contributed by atoms with Crippen LogP contribution >= 0.6 is 0 Å². The Balaban J connectivity index is 1.91. The summed E-state index contributed by atoms with van der Waals surface area (Å²) in [6.07, 6.45) is 3.95. The van der Waals surface area contributed by atoms with E-state index in [1.54, 1.807) is 0 Å². The number of nitrogens with zero attached hydrogens (tertiary/aromatic N) is 2. The van der Waals surface area contributed by atoms with Gasteiger partial charge in [0.2, 0.25) is 0 Å². The zero-order chi connectivity index (χ0) is 13.9. The molecule has 0 spiro atoms. The van der Waals surface area contributed by atoms with Crippen LogP contribution in [0.4, 0.5) is 0 Å². The molecule has 114 valence electrons. The highest BCUT2D eigenvalue weighted by molar-refractivity contribution is 4.67. The predicted molar refractivity (Wildman–Crippen MR) is 81.7 cm³/mol. The molecule has 1 N–H and O–H groups in total. The minimum atomic E-state index is 0.415. The van der Waals surface area contributed by atoms with Crippen LogP contribution in [0.25, 0.3) is 0 Å². The quantitative estimate of drug-likeness (QED) is 0.608. The lowest BCUT2D eigenvalue weighted by molar-refractivity contribution is 0.0576. The second-order valence-corrected chi connectivity index (χ2v) is 5.69. The van der Waals surface area contributed by atoms with Crippen LogP contribution < -0.4 is 5.32 Å². The van der Waals surface area contributed by atoms with Gasteiger partial charge in [-0.05, 0) is 46.3 Å². The molecule has 0 aromatic carbocycles. The Morgan fingerprint density at radius 3 is 2.58 bits per heavy atom. The molecule has 0 aromatic rings. The molecule has 0 radical (unpaired) electrons. The summed E-state index contributed by atoms with van der Waals surface area (Å²) in [6.45, 7) is 13.6. The Labute approximate surface area is 119 Å². The Morgan fingerprint density at radius 2 is 1.89 bits per heavy atom. The van der Waals surface area contributed by atoms with Crippen molar-refractivity contribution >= 4 is 0 Å². The molecule has 4 nitrogen and oxygen atoms in total. The fourth-order valence-corrected chi connectivity index (χ4v) is 2.35. The molecule has 1 atom stereocenters. The molecule has 0 bridgehead atoms. The fraction of sp³-hybridized carbons (Fsp3) is 1.00. The third-order valence-electron chi connectivity index (χ3n) is 3.89. The molecule has 1 rings (SSSR count). The standard InChI is InChI=1S/C15H33N3O/c1-4-15(2)19-14-6-10-17(3)9-5-11-18-12-7-16-8-13-18/h15-16H,4-14H2,1-3H3. The first-order valence-electron chi connectivity index (χ1n) is 7.95. The van der Waals surface area contributed by atoms with Crippen LogP contribution in [0.1, 0.15) is 33.1 Å². The first kappa shape index (κ1) is 16.9. The zero-order valence-electron chi connectivity index (χ0n) is 13.2. The molecule has 1 saturated heterocycles. The van der Waals surface area contributed by atoms with E-state index in [0.29, 0.717) is 6.10 Å². The van der Waals surface area contributed by atoms with Gasteiger partial charge in [0.25, 0.3) is 0 Å². The van der Waals surface area contributed by atoms with E-state index in [0.717, 1.165) is 39.1 Å². The van der Waals surface area contributed by atoms with Crippen molar-refractivity contribution in [2.75, 3.05) is 59.5 Å². The number of rotatable bonds is 10. The summed E-state index contributed by atoms with van der Waals surface area (Å²) in [7, 11) is 2.22. The van der Waals surface area contributed by atoms with Crippen LogP contribution in [0.5, 0.6) is 0 Å². The van der Waals surface area contributed by atoms with Crippen molar-refractivity contribution < 1.29 is 4.74 Å². The van der Waals surface area contributed by atoms with Crippen LogP contribution in [0.2, 0.25) is 0 Å². The first-order valence-corrected chi connectivity index (χ1v) is 7.95. The normalized spacial score (nSPS) is 18.9. The number of piperazine rings is 1. The summed E-state index contributed by atoms with van der Waals surface area (Å²) >= 11 is 0. The third-order valence-corrected chi connectivity index (χ3v) is 3.89. The summed E-state index contributed by atoms with van der Waals surface area (Å²) in [6, 6.07) is 0. The number of nitrogens with one attached hydrogen (secondary N) is 1. The summed E-state index contributed by atoms with van der Waals surface area (Å²) < 4.78 is 5.70. The van der Waals surface area contributed by atoms with Crippen molar-refractivity contribution in [3.8, 4) is 0 Å². The van der Waals surface area contributed by atoms with E-state index in [-0.39, 0.29) is 0 Å². The molecular formula is C15H33N3O. The average molecular weight is 271 g/mol. The van der Waals surface area contributed by atoms with E-state index in [2.05, 4.69) is 36.0 Å². The van der Waals surface area contributed by atoms with E-state index in [9.17, 15) is 0 Å². The van der Waals surface area contributed by atoms with Gasteiger partial charge in [0.1, 0.15) is 0 Å². The van der Waals surface area contributed by atoms with Crippen molar-refractivity contribution in [1.29, 1.82) is 0 Å². The van der Waals surface area contributed by atoms with Gasteiger partial charge in [0, 0.05) is 39.3 Å². The smallest absolute Gasteiger partial charge is 0.0544 e. The largest absolute Gasteiger partial charge is 0.378 e. The molecule has 1 aliphatic rings. The Morgan fingerprint density at radius 1 is 1.21 bits per heavy atom. The minimum Gasteiger partial charge on any atom is -0.378 e. The Bertz CT molecular complexity index is 208. The molecule has 1 unspecified atom stereocenters. The van der Waals surface area contributed by atoms with Gasteiger partial charge in [-0.1, -0.05) is 6.92 Å². The lowest BCUT2D eigenvalue weighted by atomic mass is 10.3. The molecule has 19 heavy (non-hydrogen) atoms. The van der Waals surface area contributed by atoms with Gasteiger partial charge in [-0.2, -0.15) is 0 Å². The van der Waals surface area contributed by atoms with E-state index in [1.165, 1.54) is 32.6 Å². The van der Waals surface area contributed by atoms with Crippen LogP contribution in [0.15, 0.2) is 0 Å². The van der Waals surface area contributed by atoms with Crippen molar-refractivity contribution in [2.24, 2.45) is 0 Å². The lowest BCUT2D eigenvalue weighted by Crippen LogP contribution is -2.44. The van der Waals surface area contributed by atoms with Crippen molar-refractivity contribution in [2.45, 2.75) is 39.2 Å². The van der Waals surface area contributed by atoms with Gasteiger partial charge in [-0.3, -0.25) is 0 Å². The molecule has 0 saturated carbocycles. The number of hydrogen-bond donors (Lipinski definition) is 1. The van der Waals surface area contributed by atoms with Crippen molar-refractivity contribution in [1.82, 2.24) is 15.1 Å². The molecule has 0 amide bonds. The summed E-state index contributed by atoms with van der Waals surface area (Å²) in [5, 5.41) is 3.40. The SMILES string of the molecule is CCC(C)OCCCN(C)CCCN1CCNCC1. The molecule has 4 heteroatoms. The predicted octanol–water partition coefficient (Wildman–Crippen LogP) is 1.42. The molecule has 1 fully saturated rings. The van der Waals surface area contributed by atoms with Gasteiger partial charge in [0.15, 0.2) is 0 Å². The van der Waals surface area contributed by atoms with E-state index in [4.69, 9.17) is 4.74 Å². The fourth-order valence-electron chi connectivity index (χ4n) is 2.35. The topological polar surface area (TPSA) is 27.7 Å². The minimum absolute atomic E-state index is 0.415. The van der Waals surface area contributed by atoms with E-state index < -0.39 is 0 Å². The molecule has 1 heterocycles. The molecule has 0 aromatic heterocycles. The van der Waals surface area contributed by atoms with Crippen LogP contribution in [-0.4, -0.2) is 75.4 Å². The van der Waals surface area contributed by atoms with E-state index in [1.807, 2.05) is 0 Å². The van der Waals surface area contributed by atoms with Crippen LogP contribution in [0, 0.1) is 0 Å². The Hall–Kier alpha value is -0.160. The third kappa shape index (κ3) is 8.58. The highest BCUT2D eigenvalue weighted by atomic mass is 16.5. The van der Waals surface area contributed by atoms with Gasteiger partial charge in [-0.15, -0.1) is 0 Å². The van der Waals surface area contributed by atoms with Gasteiger partial charge in [0.05, 0.1) is 6.10 Å². The monoisotopic (exact) mass is 271 g/mol. The maximum atomic E-state index is 5.70. The first-order chi connectivity index (χ1) is 9.22. The highest BCUT2D eigenvalue weighted by Gasteiger charge is 2.09. The summed E-state index contributed by atoms with van der Waals surface area (Å²) in [4.78, 5) is 5.00. The number of hydrogen-bond acceptors (Lipinski definition) is 4. The second-order valence-electron chi connectivity index (χ2n) is 5.69. The van der Waals surface area contributed by atoms with Gasteiger partial charge >= 0.3 is 0 Å². The van der Waals surface area contributed by atoms with Crippen molar-refractivity contribution in [3.63, 3.8) is 0 Å². The molecule has 1 aliphatic heterocycles. The van der Waals surface area contributed by atoms with Crippen LogP contribution in [0.3, 0.4) is 0 Å². The van der Waals surface area contributed by atoms with Crippen molar-refractivity contribution in [3.05, 3.63) is 0 Å². The average Bonchev–Trinajstić information content (AvgIpc) is 2.44. The maximum absolute atomic E-state index is 5.70. The maximum Gasteiger partial charge on any atom is 0.0544 e. The van der Waals surface area contributed by atoms with Crippen LogP contribution in [-0.2, 0) is 4.74 Å². The lowest BCUT2D eigenvalue weighted by Gasteiger charge is -2.28. The second kappa shape index (κ2) is 10.6. The number of ether oxygens (including phenoxy) is 1. The molecule has 0 aliphatic carbocycles. The van der Waals surface area contributed by atoms with E-state index >= 15 is 0 Å². The van der Waals surface area contributed by atoms with Gasteiger partial charge < -0.3 is 19.9 Å². The molecular weight excluding hydrogens is 238 g/mol. The highest BCUT2D eigenvalue weighted by Crippen LogP contribution is 1.99. The van der Waals surface area contributed by atoms with Gasteiger partial charge in [-0.25, -0.2) is 0 Å². The Kier molecular flexibility index (Phi) is 9.43. The summed E-state index contributed by atoms with van der Waals surface area (Å²) in [5.41, 5.74) is 0. The zero-order valence-corrected chi connectivity index (χ0v) is 13.2. The summed E-state index contributed by atoms with van der Waals surface area (Å²) in [5.74, 6) is 0.